The van der Waals surface area contributed by atoms with Crippen molar-refractivity contribution in [3.8, 4) is 5.75 Å². The predicted molar refractivity (Wildman–Crippen MR) is 85.4 cm³/mol. The number of carbonyl (C=O) groups is 1. The third kappa shape index (κ3) is 2.17. The van der Waals surface area contributed by atoms with Gasteiger partial charge >= 0.3 is 0 Å². The Kier molecular flexibility index (Phi) is 3.64. The minimum Gasteiger partial charge on any atom is -0.506 e. The Morgan fingerprint density at radius 3 is 2.95 bits per heavy atom. The van der Waals surface area contributed by atoms with Crippen LogP contribution in [0.2, 0.25) is 0 Å². The van der Waals surface area contributed by atoms with Crippen LogP contribution < -0.4 is 10.9 Å². The van der Waals surface area contributed by atoms with Crippen LogP contribution in [0.1, 0.15) is 42.6 Å². The maximum atomic E-state index is 12.7. The van der Waals surface area contributed by atoms with Gasteiger partial charge in [0, 0.05) is 18.0 Å². The number of amides is 1. The number of pyridine rings is 1. The summed E-state index contributed by atoms with van der Waals surface area (Å²) in [5.41, 5.74) is 1.26. The molecule has 1 aliphatic rings. The van der Waals surface area contributed by atoms with E-state index in [4.69, 9.17) is 0 Å². The first-order valence-corrected chi connectivity index (χ1v) is 7.72. The first-order valence-electron chi connectivity index (χ1n) is 7.72. The normalized spacial score (nSPS) is 14.8. The number of nitrogens with one attached hydrogen (secondary N) is 1. The average Bonchev–Trinajstić information content (AvgIpc) is 2.52. The highest BCUT2D eigenvalue weighted by atomic mass is 16.3. The van der Waals surface area contributed by atoms with E-state index < -0.39 is 11.5 Å². The Morgan fingerprint density at radius 2 is 2.23 bits per heavy atom. The van der Waals surface area contributed by atoms with E-state index in [0.717, 1.165) is 30.3 Å². The molecule has 3 rings (SSSR count). The van der Waals surface area contributed by atoms with Gasteiger partial charge in [-0.25, -0.2) is 0 Å². The Morgan fingerprint density at radius 1 is 1.45 bits per heavy atom. The fourth-order valence-electron chi connectivity index (χ4n) is 3.02. The fraction of sp³-hybridized carbons (Fsp3) is 0.412. The Balaban J connectivity index is 2.25. The van der Waals surface area contributed by atoms with E-state index in [9.17, 15) is 14.7 Å². The van der Waals surface area contributed by atoms with E-state index in [0.29, 0.717) is 11.9 Å². The van der Waals surface area contributed by atoms with Gasteiger partial charge in [-0.05, 0) is 37.8 Å². The van der Waals surface area contributed by atoms with Crippen LogP contribution in [0.5, 0.6) is 5.75 Å². The van der Waals surface area contributed by atoms with Gasteiger partial charge in [0.1, 0.15) is 11.3 Å². The number of hydrogen-bond acceptors (Lipinski definition) is 3. The molecule has 1 unspecified atom stereocenters. The molecule has 5 nitrogen and oxygen atoms in total. The summed E-state index contributed by atoms with van der Waals surface area (Å²) in [7, 11) is 0. The number of para-hydroxylation sites is 1. The number of aromatic hydroxyl groups is 1. The van der Waals surface area contributed by atoms with Gasteiger partial charge in [-0.2, -0.15) is 0 Å². The zero-order valence-corrected chi connectivity index (χ0v) is 12.8. The van der Waals surface area contributed by atoms with E-state index in [-0.39, 0.29) is 17.4 Å². The van der Waals surface area contributed by atoms with E-state index in [1.807, 2.05) is 26.0 Å². The number of benzene rings is 1. The quantitative estimate of drug-likeness (QED) is 0.912. The molecule has 22 heavy (non-hydrogen) atoms. The molecule has 116 valence electrons. The zero-order valence-electron chi connectivity index (χ0n) is 12.8. The molecule has 0 saturated heterocycles. The van der Waals surface area contributed by atoms with Crippen LogP contribution in [-0.4, -0.2) is 21.6 Å². The second-order valence-corrected chi connectivity index (χ2v) is 5.88. The average molecular weight is 300 g/mol. The largest absolute Gasteiger partial charge is 0.506 e. The summed E-state index contributed by atoms with van der Waals surface area (Å²) in [5, 5.41) is 13.8. The molecule has 0 aliphatic carbocycles. The van der Waals surface area contributed by atoms with Gasteiger partial charge < -0.3 is 15.0 Å². The number of hydrogen-bond donors (Lipinski definition) is 2. The molecule has 2 heterocycles. The molecule has 0 bridgehead atoms. The Labute approximate surface area is 128 Å². The van der Waals surface area contributed by atoms with Crippen molar-refractivity contribution >= 4 is 16.8 Å². The number of nitrogens with zero attached hydrogens (tertiary/aromatic N) is 1. The van der Waals surface area contributed by atoms with Crippen LogP contribution in [0.15, 0.2) is 23.0 Å². The van der Waals surface area contributed by atoms with Crippen molar-refractivity contribution < 1.29 is 9.90 Å². The van der Waals surface area contributed by atoms with Crippen molar-refractivity contribution in [3.63, 3.8) is 0 Å². The van der Waals surface area contributed by atoms with Gasteiger partial charge in [-0.15, -0.1) is 0 Å². The summed E-state index contributed by atoms with van der Waals surface area (Å²) < 4.78 is 1.62. The van der Waals surface area contributed by atoms with Gasteiger partial charge in [0.05, 0.1) is 5.52 Å². The van der Waals surface area contributed by atoms with Crippen molar-refractivity contribution in [1.29, 1.82) is 0 Å². The van der Waals surface area contributed by atoms with Crippen molar-refractivity contribution in [1.82, 2.24) is 9.88 Å². The van der Waals surface area contributed by atoms with Gasteiger partial charge in [0.15, 0.2) is 0 Å². The van der Waals surface area contributed by atoms with Crippen molar-refractivity contribution in [2.24, 2.45) is 0 Å². The summed E-state index contributed by atoms with van der Waals surface area (Å²) in [6, 6.07) is 5.54. The number of rotatable bonds is 3. The van der Waals surface area contributed by atoms with Gasteiger partial charge in [-0.3, -0.25) is 9.59 Å². The molecule has 1 atom stereocenters. The minimum absolute atomic E-state index is 0.0466. The van der Waals surface area contributed by atoms with Crippen LogP contribution in [-0.2, 0) is 13.0 Å². The standard InChI is InChI=1S/C17H20N2O3/c1-3-10(2)18-16(21)13-15(20)12-8-4-6-11-7-5-9-19(14(11)12)17(13)22/h4,6,8,10,20H,3,5,7,9H2,1-2H3,(H,18,21). The van der Waals surface area contributed by atoms with Crippen molar-refractivity contribution in [2.45, 2.75) is 45.7 Å². The highest BCUT2D eigenvalue weighted by molar-refractivity contribution is 6.03. The summed E-state index contributed by atoms with van der Waals surface area (Å²) in [4.78, 5) is 25.1. The van der Waals surface area contributed by atoms with E-state index in [2.05, 4.69) is 5.32 Å². The molecular weight excluding hydrogens is 280 g/mol. The first-order chi connectivity index (χ1) is 10.5. The molecule has 0 fully saturated rings. The summed E-state index contributed by atoms with van der Waals surface area (Å²) in [6.07, 6.45) is 2.51. The molecule has 0 radical (unpaired) electrons. The van der Waals surface area contributed by atoms with E-state index in [1.165, 1.54) is 0 Å². The maximum Gasteiger partial charge on any atom is 0.267 e. The highest BCUT2D eigenvalue weighted by Gasteiger charge is 2.25. The Bertz CT molecular complexity index is 808. The van der Waals surface area contributed by atoms with Gasteiger partial charge in [-0.1, -0.05) is 19.1 Å². The number of carbonyl (C=O) groups excluding carboxylic acids is 1. The molecule has 2 aromatic rings. The molecule has 5 heteroatoms. The second kappa shape index (κ2) is 5.48. The van der Waals surface area contributed by atoms with Crippen LogP contribution in [0, 0.1) is 0 Å². The molecule has 1 aromatic heterocycles. The lowest BCUT2D eigenvalue weighted by Crippen LogP contribution is -2.38. The maximum absolute atomic E-state index is 12.7. The SMILES string of the molecule is CCC(C)NC(=O)c1c(O)c2cccc3c2n(c1=O)CCC3. The fourth-order valence-corrected chi connectivity index (χ4v) is 3.02. The van der Waals surface area contributed by atoms with Gasteiger partial charge in [0.25, 0.3) is 11.5 Å². The molecule has 2 N–H and O–H groups in total. The molecule has 1 amide bonds. The third-order valence-electron chi connectivity index (χ3n) is 4.39. The van der Waals surface area contributed by atoms with Crippen LogP contribution in [0.25, 0.3) is 10.9 Å². The monoisotopic (exact) mass is 300 g/mol. The van der Waals surface area contributed by atoms with E-state index in [1.54, 1.807) is 10.6 Å². The summed E-state index contributed by atoms with van der Waals surface area (Å²) in [6.45, 7) is 4.40. The van der Waals surface area contributed by atoms with E-state index >= 15 is 0 Å². The topological polar surface area (TPSA) is 71.3 Å². The molecule has 1 aliphatic heterocycles. The number of aromatic nitrogens is 1. The predicted octanol–water partition coefficient (Wildman–Crippen LogP) is 2.18. The molecule has 0 saturated carbocycles. The Hall–Kier alpha value is -2.30. The number of aryl methyl sites for hydroxylation is 2. The van der Waals surface area contributed by atoms with Crippen LogP contribution >= 0.6 is 0 Å². The van der Waals surface area contributed by atoms with Crippen molar-refractivity contribution in [2.75, 3.05) is 0 Å². The van der Waals surface area contributed by atoms with Gasteiger partial charge in [0.2, 0.25) is 0 Å². The van der Waals surface area contributed by atoms with Crippen LogP contribution in [0.4, 0.5) is 0 Å². The smallest absolute Gasteiger partial charge is 0.267 e. The third-order valence-corrected chi connectivity index (χ3v) is 4.39. The molecule has 1 aromatic carbocycles. The lowest BCUT2D eigenvalue weighted by atomic mass is 9.99. The summed E-state index contributed by atoms with van der Waals surface area (Å²) in [5.74, 6) is -0.709. The molecular formula is C17H20N2O3. The molecule has 0 spiro atoms. The second-order valence-electron chi connectivity index (χ2n) is 5.88. The highest BCUT2D eigenvalue weighted by Crippen LogP contribution is 2.31. The first kappa shape index (κ1) is 14.6. The summed E-state index contributed by atoms with van der Waals surface area (Å²) >= 11 is 0. The van der Waals surface area contributed by atoms with Crippen molar-refractivity contribution in [3.05, 3.63) is 39.7 Å². The van der Waals surface area contributed by atoms with Crippen LogP contribution in [0.3, 0.4) is 0 Å². The lowest BCUT2D eigenvalue weighted by molar-refractivity contribution is 0.0934. The minimum atomic E-state index is -0.501. The lowest BCUT2D eigenvalue weighted by Gasteiger charge is -2.21. The zero-order chi connectivity index (χ0) is 15.9.